The molecule has 4 heteroatoms. The monoisotopic (exact) mass is 259 g/mol. The number of benzene rings is 1. The molecule has 2 rings (SSSR count). The predicted octanol–water partition coefficient (Wildman–Crippen LogP) is 3.12. The molecule has 100 valence electrons. The van der Waals surface area contributed by atoms with Crippen LogP contribution in [0.25, 0.3) is 0 Å². The van der Waals surface area contributed by atoms with E-state index in [0.717, 1.165) is 5.76 Å². The van der Waals surface area contributed by atoms with Gasteiger partial charge in [-0.3, -0.25) is 4.79 Å². The molecule has 1 aromatic carbocycles. The fourth-order valence-electron chi connectivity index (χ4n) is 1.86. The molecule has 2 aromatic rings. The minimum atomic E-state index is -0.117. The van der Waals surface area contributed by atoms with Gasteiger partial charge >= 0.3 is 0 Å². The van der Waals surface area contributed by atoms with Crippen molar-refractivity contribution in [1.82, 2.24) is 4.90 Å². The fourth-order valence-corrected chi connectivity index (χ4v) is 1.86. The Morgan fingerprint density at radius 1 is 1.32 bits per heavy atom. The molecule has 1 aromatic heterocycles. The Morgan fingerprint density at radius 3 is 2.74 bits per heavy atom. The number of hydrogen-bond acceptors (Lipinski definition) is 3. The van der Waals surface area contributed by atoms with Gasteiger partial charge in [0.25, 0.3) is 5.91 Å². The van der Waals surface area contributed by atoms with Crippen LogP contribution >= 0.6 is 0 Å². The molecule has 0 spiro atoms. The average Bonchev–Trinajstić information content (AvgIpc) is 2.99. The van der Waals surface area contributed by atoms with E-state index in [-0.39, 0.29) is 11.9 Å². The van der Waals surface area contributed by atoms with E-state index in [1.165, 1.54) is 0 Å². The van der Waals surface area contributed by atoms with Crippen LogP contribution in [0.4, 0.5) is 0 Å². The van der Waals surface area contributed by atoms with Gasteiger partial charge in [0.05, 0.1) is 19.4 Å². The van der Waals surface area contributed by atoms with E-state index in [1.807, 2.05) is 25.1 Å². The number of hydrogen-bond donors (Lipinski definition) is 0. The van der Waals surface area contributed by atoms with Gasteiger partial charge < -0.3 is 14.1 Å². The number of carbonyl (C=O) groups excluding carboxylic acids is 1. The molecular weight excluding hydrogens is 242 g/mol. The standard InChI is InChI=1S/C15H17NO3/c1-11(14-8-5-9-19-14)16(2)15(17)12-6-4-7-13(10-12)18-3/h4-11H,1-3H3/t11-/m1/s1. The zero-order valence-corrected chi connectivity index (χ0v) is 11.3. The molecule has 0 fully saturated rings. The zero-order chi connectivity index (χ0) is 13.8. The fraction of sp³-hybridized carbons (Fsp3) is 0.267. The predicted molar refractivity (Wildman–Crippen MR) is 72.2 cm³/mol. The summed E-state index contributed by atoms with van der Waals surface area (Å²) in [5, 5.41) is 0. The lowest BCUT2D eigenvalue weighted by Crippen LogP contribution is -2.29. The number of ether oxygens (including phenoxy) is 1. The first kappa shape index (κ1) is 13.2. The maximum Gasteiger partial charge on any atom is 0.254 e. The minimum absolute atomic E-state index is 0.0669. The molecule has 1 heterocycles. The Labute approximate surface area is 112 Å². The summed E-state index contributed by atoms with van der Waals surface area (Å²) in [6.45, 7) is 1.93. The van der Waals surface area contributed by atoms with Crippen molar-refractivity contribution in [3.63, 3.8) is 0 Å². The van der Waals surface area contributed by atoms with E-state index in [1.54, 1.807) is 43.5 Å². The van der Waals surface area contributed by atoms with Gasteiger partial charge in [0, 0.05) is 12.6 Å². The number of amides is 1. The molecule has 1 amide bonds. The molecule has 0 aliphatic carbocycles. The molecule has 0 N–H and O–H groups in total. The molecule has 0 radical (unpaired) electrons. The maximum absolute atomic E-state index is 12.4. The molecule has 0 saturated carbocycles. The van der Waals surface area contributed by atoms with Gasteiger partial charge in [-0.2, -0.15) is 0 Å². The second kappa shape index (κ2) is 5.61. The van der Waals surface area contributed by atoms with Crippen molar-refractivity contribution < 1.29 is 13.9 Å². The summed E-state index contributed by atoms with van der Waals surface area (Å²) in [5.41, 5.74) is 0.597. The Morgan fingerprint density at radius 2 is 2.11 bits per heavy atom. The highest BCUT2D eigenvalue weighted by Crippen LogP contribution is 2.22. The molecule has 1 atom stereocenters. The highest BCUT2D eigenvalue weighted by molar-refractivity contribution is 5.94. The van der Waals surface area contributed by atoms with E-state index in [0.29, 0.717) is 11.3 Å². The highest BCUT2D eigenvalue weighted by Gasteiger charge is 2.20. The first-order chi connectivity index (χ1) is 9.13. The van der Waals surface area contributed by atoms with Gasteiger partial charge in [0.15, 0.2) is 0 Å². The van der Waals surface area contributed by atoms with Crippen molar-refractivity contribution in [1.29, 1.82) is 0 Å². The molecular formula is C15H17NO3. The molecule has 4 nitrogen and oxygen atoms in total. The Balaban J connectivity index is 2.18. The number of carbonyl (C=O) groups is 1. The van der Waals surface area contributed by atoms with Crippen LogP contribution in [-0.4, -0.2) is 25.0 Å². The molecule has 0 saturated heterocycles. The molecule has 0 aliphatic rings. The summed E-state index contributed by atoms with van der Waals surface area (Å²) in [6.07, 6.45) is 1.61. The van der Waals surface area contributed by atoms with E-state index in [4.69, 9.17) is 9.15 Å². The number of nitrogens with zero attached hydrogens (tertiary/aromatic N) is 1. The van der Waals surface area contributed by atoms with E-state index < -0.39 is 0 Å². The second-order valence-corrected chi connectivity index (χ2v) is 4.34. The van der Waals surface area contributed by atoms with E-state index in [9.17, 15) is 4.79 Å². The summed E-state index contributed by atoms with van der Waals surface area (Å²) >= 11 is 0. The van der Waals surface area contributed by atoms with Crippen LogP contribution in [0, 0.1) is 0 Å². The number of furan rings is 1. The van der Waals surface area contributed by atoms with Crippen LogP contribution in [0.3, 0.4) is 0 Å². The third-order valence-corrected chi connectivity index (χ3v) is 3.17. The second-order valence-electron chi connectivity index (χ2n) is 4.34. The Bertz CT molecular complexity index is 548. The van der Waals surface area contributed by atoms with Crippen LogP contribution in [-0.2, 0) is 0 Å². The van der Waals surface area contributed by atoms with Crippen molar-refractivity contribution in [3.8, 4) is 5.75 Å². The first-order valence-corrected chi connectivity index (χ1v) is 6.08. The Hall–Kier alpha value is -2.23. The highest BCUT2D eigenvalue weighted by atomic mass is 16.5. The lowest BCUT2D eigenvalue weighted by molar-refractivity contribution is 0.0726. The van der Waals surface area contributed by atoms with E-state index in [2.05, 4.69) is 0 Å². The lowest BCUT2D eigenvalue weighted by Gasteiger charge is -2.23. The summed E-state index contributed by atoms with van der Waals surface area (Å²) < 4.78 is 10.5. The quantitative estimate of drug-likeness (QED) is 0.847. The summed E-state index contributed by atoms with van der Waals surface area (Å²) in [5.74, 6) is 1.37. The molecule has 0 bridgehead atoms. The third-order valence-electron chi connectivity index (χ3n) is 3.17. The van der Waals surface area contributed by atoms with Crippen LogP contribution < -0.4 is 4.74 Å². The van der Waals surface area contributed by atoms with Gasteiger partial charge in [-0.1, -0.05) is 6.07 Å². The Kier molecular flexibility index (Phi) is 3.90. The number of methoxy groups -OCH3 is 1. The lowest BCUT2D eigenvalue weighted by atomic mass is 10.1. The third kappa shape index (κ3) is 2.78. The van der Waals surface area contributed by atoms with Crippen molar-refractivity contribution in [3.05, 3.63) is 54.0 Å². The summed E-state index contributed by atoms with van der Waals surface area (Å²) in [6, 6.07) is 10.7. The van der Waals surface area contributed by atoms with Crippen LogP contribution in [0.5, 0.6) is 5.75 Å². The topological polar surface area (TPSA) is 42.7 Å². The van der Waals surface area contributed by atoms with Gasteiger partial charge in [0.2, 0.25) is 0 Å². The number of rotatable bonds is 4. The zero-order valence-electron chi connectivity index (χ0n) is 11.3. The van der Waals surface area contributed by atoms with Gasteiger partial charge in [-0.25, -0.2) is 0 Å². The minimum Gasteiger partial charge on any atom is -0.497 e. The molecule has 19 heavy (non-hydrogen) atoms. The van der Waals surface area contributed by atoms with Crippen molar-refractivity contribution in [2.75, 3.05) is 14.2 Å². The van der Waals surface area contributed by atoms with Crippen LogP contribution in [0.15, 0.2) is 47.1 Å². The van der Waals surface area contributed by atoms with Gasteiger partial charge in [-0.05, 0) is 37.3 Å². The molecule has 0 unspecified atom stereocenters. The molecule has 0 aliphatic heterocycles. The normalized spacial score (nSPS) is 11.9. The smallest absolute Gasteiger partial charge is 0.254 e. The van der Waals surface area contributed by atoms with Crippen LogP contribution in [0.1, 0.15) is 29.1 Å². The van der Waals surface area contributed by atoms with Crippen molar-refractivity contribution in [2.45, 2.75) is 13.0 Å². The van der Waals surface area contributed by atoms with Crippen molar-refractivity contribution >= 4 is 5.91 Å². The largest absolute Gasteiger partial charge is 0.497 e. The van der Waals surface area contributed by atoms with E-state index >= 15 is 0 Å². The van der Waals surface area contributed by atoms with Gasteiger partial charge in [-0.15, -0.1) is 0 Å². The summed E-state index contributed by atoms with van der Waals surface area (Å²) in [7, 11) is 3.34. The first-order valence-electron chi connectivity index (χ1n) is 6.08. The maximum atomic E-state index is 12.4. The summed E-state index contributed by atoms with van der Waals surface area (Å²) in [4.78, 5) is 14.0. The van der Waals surface area contributed by atoms with Crippen molar-refractivity contribution in [2.24, 2.45) is 0 Å². The average molecular weight is 259 g/mol. The van der Waals surface area contributed by atoms with Gasteiger partial charge in [0.1, 0.15) is 11.5 Å². The SMILES string of the molecule is COc1cccc(C(=O)N(C)[C@H](C)c2ccco2)c1. The van der Waals surface area contributed by atoms with Crippen LogP contribution in [0.2, 0.25) is 0 Å².